The minimum atomic E-state index is 0.280. The molecular weight excluding hydrogens is 278 g/mol. The summed E-state index contributed by atoms with van der Waals surface area (Å²) >= 11 is 0. The quantitative estimate of drug-likeness (QED) is 0.889. The Labute approximate surface area is 131 Å². The van der Waals surface area contributed by atoms with Gasteiger partial charge < -0.3 is 19.8 Å². The fourth-order valence-corrected chi connectivity index (χ4v) is 3.26. The molecule has 0 amide bonds. The summed E-state index contributed by atoms with van der Waals surface area (Å²) in [7, 11) is 3.96. The molecular formula is C17H25N3O2. The van der Waals surface area contributed by atoms with Gasteiger partial charge in [-0.25, -0.2) is 0 Å². The second kappa shape index (κ2) is 6.67. The molecule has 1 aromatic carbocycles. The zero-order valence-electron chi connectivity index (χ0n) is 13.4. The smallest absolute Gasteiger partial charge is 0.175 e. The van der Waals surface area contributed by atoms with E-state index in [2.05, 4.69) is 10.5 Å². The summed E-state index contributed by atoms with van der Waals surface area (Å²) in [5.74, 6) is 1.06. The minimum absolute atomic E-state index is 0.280. The fraction of sp³-hybridized carbons (Fsp3) is 0.588. The summed E-state index contributed by atoms with van der Waals surface area (Å²) in [6.07, 6.45) is 4.61. The highest BCUT2D eigenvalue weighted by Crippen LogP contribution is 2.31. The molecule has 1 aromatic heterocycles. The van der Waals surface area contributed by atoms with Crippen LogP contribution in [0.25, 0.3) is 11.0 Å². The summed E-state index contributed by atoms with van der Waals surface area (Å²) < 4.78 is 5.55. The minimum Gasteiger partial charge on any atom is -0.507 e. The number of aromatic hydroxyl groups is 1. The van der Waals surface area contributed by atoms with Gasteiger partial charge in [0.15, 0.2) is 5.58 Å². The van der Waals surface area contributed by atoms with E-state index in [1.54, 1.807) is 6.07 Å². The van der Waals surface area contributed by atoms with E-state index >= 15 is 0 Å². The SMILES string of the molecule is CN(C)Cc1c(O)ccc2c(CCC3CCNCC3)noc12. The molecule has 2 heterocycles. The Kier molecular flexibility index (Phi) is 4.64. The highest BCUT2D eigenvalue weighted by molar-refractivity contribution is 5.84. The molecule has 2 N–H and O–H groups in total. The predicted molar refractivity (Wildman–Crippen MR) is 87.0 cm³/mol. The zero-order chi connectivity index (χ0) is 15.5. The van der Waals surface area contributed by atoms with Crippen LogP contribution in [0.5, 0.6) is 5.75 Å². The molecule has 0 bridgehead atoms. The summed E-state index contributed by atoms with van der Waals surface area (Å²) in [5.41, 5.74) is 2.57. The van der Waals surface area contributed by atoms with Crippen molar-refractivity contribution in [2.45, 2.75) is 32.2 Å². The Morgan fingerprint density at radius 3 is 2.82 bits per heavy atom. The topological polar surface area (TPSA) is 61.5 Å². The number of hydrogen-bond acceptors (Lipinski definition) is 5. The maximum absolute atomic E-state index is 10.1. The number of benzene rings is 1. The van der Waals surface area contributed by atoms with Gasteiger partial charge in [0.05, 0.1) is 11.3 Å². The van der Waals surface area contributed by atoms with Crippen LogP contribution >= 0.6 is 0 Å². The molecule has 1 aliphatic heterocycles. The van der Waals surface area contributed by atoms with Crippen LogP contribution in [0, 0.1) is 5.92 Å². The maximum atomic E-state index is 10.1. The van der Waals surface area contributed by atoms with Gasteiger partial charge in [-0.15, -0.1) is 0 Å². The molecule has 0 radical (unpaired) electrons. The van der Waals surface area contributed by atoms with Crippen LogP contribution in [0.15, 0.2) is 16.7 Å². The number of rotatable bonds is 5. The van der Waals surface area contributed by atoms with E-state index in [9.17, 15) is 5.11 Å². The normalized spacial score (nSPS) is 16.7. The lowest BCUT2D eigenvalue weighted by atomic mass is 9.92. The van der Waals surface area contributed by atoms with Crippen LogP contribution in [-0.2, 0) is 13.0 Å². The highest BCUT2D eigenvalue weighted by atomic mass is 16.5. The Morgan fingerprint density at radius 1 is 1.32 bits per heavy atom. The lowest BCUT2D eigenvalue weighted by Gasteiger charge is -2.21. The second-order valence-electron chi connectivity index (χ2n) is 6.54. The average molecular weight is 303 g/mol. The van der Waals surface area contributed by atoms with Gasteiger partial charge in [0.1, 0.15) is 5.75 Å². The van der Waals surface area contributed by atoms with Crippen molar-refractivity contribution in [3.63, 3.8) is 0 Å². The monoisotopic (exact) mass is 303 g/mol. The van der Waals surface area contributed by atoms with E-state index in [0.717, 1.165) is 54.1 Å². The first-order chi connectivity index (χ1) is 10.6. The molecule has 0 unspecified atom stereocenters. The van der Waals surface area contributed by atoms with Crippen LogP contribution in [-0.4, -0.2) is 42.3 Å². The number of phenols is 1. The van der Waals surface area contributed by atoms with E-state index in [-0.39, 0.29) is 5.75 Å². The van der Waals surface area contributed by atoms with Gasteiger partial charge in [-0.3, -0.25) is 0 Å². The van der Waals surface area contributed by atoms with Crippen molar-refractivity contribution in [2.75, 3.05) is 27.2 Å². The number of piperidine rings is 1. The lowest BCUT2D eigenvalue weighted by molar-refractivity contribution is 0.349. The molecule has 0 spiro atoms. The summed E-state index contributed by atoms with van der Waals surface area (Å²) in [6, 6.07) is 3.69. The third-order valence-corrected chi connectivity index (χ3v) is 4.52. The number of nitrogens with zero attached hydrogens (tertiary/aromatic N) is 2. The van der Waals surface area contributed by atoms with Crippen LogP contribution < -0.4 is 5.32 Å². The van der Waals surface area contributed by atoms with Gasteiger partial charge in [-0.1, -0.05) is 5.16 Å². The molecule has 3 rings (SSSR count). The first-order valence-electron chi connectivity index (χ1n) is 8.09. The summed E-state index contributed by atoms with van der Waals surface area (Å²) in [4.78, 5) is 2.02. The molecule has 0 atom stereocenters. The first-order valence-corrected chi connectivity index (χ1v) is 8.09. The van der Waals surface area contributed by atoms with Gasteiger partial charge in [-0.2, -0.15) is 0 Å². The van der Waals surface area contributed by atoms with Crippen LogP contribution in [0.4, 0.5) is 0 Å². The van der Waals surface area contributed by atoms with E-state index in [4.69, 9.17) is 4.52 Å². The van der Waals surface area contributed by atoms with E-state index < -0.39 is 0 Å². The summed E-state index contributed by atoms with van der Waals surface area (Å²) in [5, 5.41) is 18.8. The Balaban J connectivity index is 1.79. The number of nitrogens with one attached hydrogen (secondary N) is 1. The van der Waals surface area contributed by atoms with Crippen LogP contribution in [0.3, 0.4) is 0 Å². The van der Waals surface area contributed by atoms with E-state index in [0.29, 0.717) is 6.54 Å². The molecule has 1 saturated heterocycles. The van der Waals surface area contributed by atoms with Crippen molar-refractivity contribution in [2.24, 2.45) is 5.92 Å². The van der Waals surface area contributed by atoms with Gasteiger partial charge in [-0.05, 0) is 70.9 Å². The fourth-order valence-electron chi connectivity index (χ4n) is 3.26. The van der Waals surface area contributed by atoms with Crippen molar-refractivity contribution in [3.8, 4) is 5.75 Å². The standard InChI is InChI=1S/C17H25N3O2/c1-20(2)11-14-16(21)6-4-13-15(19-22-17(13)14)5-3-12-7-9-18-10-8-12/h4,6,12,18,21H,3,5,7-11H2,1-2H3. The molecule has 2 aromatic rings. The Hall–Kier alpha value is -1.59. The number of hydrogen-bond donors (Lipinski definition) is 2. The highest BCUT2D eigenvalue weighted by Gasteiger charge is 2.18. The number of phenolic OH excluding ortho intramolecular Hbond substituents is 1. The summed E-state index contributed by atoms with van der Waals surface area (Å²) in [6.45, 7) is 2.91. The zero-order valence-corrected chi connectivity index (χ0v) is 13.4. The average Bonchev–Trinajstić information content (AvgIpc) is 2.92. The number of fused-ring (bicyclic) bond motifs is 1. The third-order valence-electron chi connectivity index (χ3n) is 4.52. The number of aromatic nitrogens is 1. The first kappa shape index (κ1) is 15.3. The number of aryl methyl sites for hydroxylation is 1. The maximum Gasteiger partial charge on any atom is 0.175 e. The van der Waals surface area contributed by atoms with Gasteiger partial charge in [0.2, 0.25) is 0 Å². The lowest BCUT2D eigenvalue weighted by Crippen LogP contribution is -2.27. The molecule has 22 heavy (non-hydrogen) atoms. The van der Waals surface area contributed by atoms with Crippen LogP contribution in [0.2, 0.25) is 0 Å². The van der Waals surface area contributed by atoms with Gasteiger partial charge in [0, 0.05) is 11.9 Å². The van der Waals surface area contributed by atoms with Crippen LogP contribution in [0.1, 0.15) is 30.5 Å². The van der Waals surface area contributed by atoms with Crippen molar-refractivity contribution >= 4 is 11.0 Å². The van der Waals surface area contributed by atoms with E-state index in [1.807, 2.05) is 25.1 Å². The van der Waals surface area contributed by atoms with Crippen molar-refractivity contribution in [1.29, 1.82) is 0 Å². The van der Waals surface area contributed by atoms with Crippen molar-refractivity contribution in [1.82, 2.24) is 15.4 Å². The second-order valence-corrected chi connectivity index (χ2v) is 6.54. The third kappa shape index (κ3) is 3.25. The molecule has 1 fully saturated rings. The molecule has 1 aliphatic rings. The Morgan fingerprint density at radius 2 is 2.09 bits per heavy atom. The Bertz CT molecular complexity index is 630. The predicted octanol–water partition coefficient (Wildman–Crippen LogP) is 2.53. The van der Waals surface area contributed by atoms with Crippen molar-refractivity contribution < 1.29 is 9.63 Å². The van der Waals surface area contributed by atoms with Crippen molar-refractivity contribution in [3.05, 3.63) is 23.4 Å². The molecule has 5 nitrogen and oxygen atoms in total. The molecule has 0 saturated carbocycles. The largest absolute Gasteiger partial charge is 0.507 e. The van der Waals surface area contributed by atoms with Gasteiger partial charge >= 0.3 is 0 Å². The van der Waals surface area contributed by atoms with Gasteiger partial charge in [0.25, 0.3) is 0 Å². The van der Waals surface area contributed by atoms with E-state index in [1.165, 1.54) is 12.8 Å². The molecule has 5 heteroatoms. The molecule has 0 aliphatic carbocycles. The molecule has 120 valence electrons.